The van der Waals surface area contributed by atoms with Gasteiger partial charge in [0.1, 0.15) is 6.04 Å². The van der Waals surface area contributed by atoms with E-state index in [4.69, 9.17) is 5.73 Å². The van der Waals surface area contributed by atoms with Crippen LogP contribution in [0.1, 0.15) is 19.8 Å². The number of primary amides is 1. The lowest BCUT2D eigenvalue weighted by Crippen LogP contribution is -2.56. The summed E-state index contributed by atoms with van der Waals surface area (Å²) in [5, 5.41) is 2.69. The number of hydrogen-bond donors (Lipinski definition) is 2. The molecule has 7 nitrogen and oxygen atoms in total. The topological polar surface area (TPSA) is 95.7 Å². The molecule has 2 saturated heterocycles. The molecular formula is C12H20N4O3. The molecule has 0 saturated carbocycles. The fourth-order valence-corrected chi connectivity index (χ4v) is 2.53. The zero-order valence-electron chi connectivity index (χ0n) is 11.1. The van der Waals surface area contributed by atoms with Crippen LogP contribution in [-0.2, 0) is 14.4 Å². The normalized spacial score (nSPS) is 26.1. The largest absolute Gasteiger partial charge is 0.368 e. The van der Waals surface area contributed by atoms with Crippen molar-refractivity contribution in [2.45, 2.75) is 31.8 Å². The van der Waals surface area contributed by atoms with Gasteiger partial charge < -0.3 is 16.0 Å². The molecule has 0 radical (unpaired) electrons. The number of amides is 3. The van der Waals surface area contributed by atoms with Crippen LogP contribution in [0.2, 0.25) is 0 Å². The van der Waals surface area contributed by atoms with E-state index in [1.807, 2.05) is 4.90 Å². The van der Waals surface area contributed by atoms with Gasteiger partial charge in [-0.05, 0) is 13.3 Å². The van der Waals surface area contributed by atoms with Crippen molar-refractivity contribution in [1.82, 2.24) is 15.1 Å². The number of piperazine rings is 1. The summed E-state index contributed by atoms with van der Waals surface area (Å²) in [7, 11) is 0. The summed E-state index contributed by atoms with van der Waals surface area (Å²) < 4.78 is 0. The quantitative estimate of drug-likeness (QED) is 0.636. The number of carbonyl (C=O) groups excluding carboxylic acids is 3. The third-order valence-corrected chi connectivity index (χ3v) is 3.88. The first-order valence-electron chi connectivity index (χ1n) is 6.60. The van der Waals surface area contributed by atoms with Gasteiger partial charge in [-0.2, -0.15) is 0 Å². The molecule has 3 amide bonds. The highest BCUT2D eigenvalue weighted by atomic mass is 16.2. The van der Waals surface area contributed by atoms with Gasteiger partial charge in [-0.25, -0.2) is 0 Å². The standard InChI is InChI=1S/C12H20N4O3/c1-8(11(13)18)15-4-6-16(7-5-15)12(19)9-2-3-10(17)14-9/h8-9H,2-7H2,1H3,(H2,13,18)(H,14,17). The van der Waals surface area contributed by atoms with Gasteiger partial charge in [0.25, 0.3) is 0 Å². The lowest BCUT2D eigenvalue weighted by molar-refractivity contribution is -0.136. The Balaban J connectivity index is 1.84. The Labute approximate surface area is 112 Å². The average molecular weight is 268 g/mol. The van der Waals surface area contributed by atoms with Gasteiger partial charge in [-0.3, -0.25) is 19.3 Å². The maximum absolute atomic E-state index is 12.2. The summed E-state index contributed by atoms with van der Waals surface area (Å²) in [6.45, 7) is 4.19. The van der Waals surface area contributed by atoms with Crippen LogP contribution in [0.25, 0.3) is 0 Å². The van der Waals surface area contributed by atoms with E-state index in [0.29, 0.717) is 39.0 Å². The molecule has 106 valence electrons. The molecular weight excluding hydrogens is 248 g/mol. The molecule has 0 aromatic rings. The highest BCUT2D eigenvalue weighted by Crippen LogP contribution is 2.13. The maximum atomic E-state index is 12.2. The molecule has 3 N–H and O–H groups in total. The molecule has 2 atom stereocenters. The molecule has 0 aliphatic carbocycles. The van der Waals surface area contributed by atoms with Gasteiger partial charge >= 0.3 is 0 Å². The lowest BCUT2D eigenvalue weighted by atomic mass is 10.1. The minimum absolute atomic E-state index is 0.0165. The van der Waals surface area contributed by atoms with Crippen LogP contribution >= 0.6 is 0 Å². The fraction of sp³-hybridized carbons (Fsp3) is 0.750. The summed E-state index contributed by atoms with van der Waals surface area (Å²) >= 11 is 0. The summed E-state index contributed by atoms with van der Waals surface area (Å²) in [6.07, 6.45) is 1.00. The third-order valence-electron chi connectivity index (χ3n) is 3.88. The number of nitrogens with one attached hydrogen (secondary N) is 1. The zero-order valence-corrected chi connectivity index (χ0v) is 11.1. The summed E-state index contributed by atoms with van der Waals surface area (Å²) in [6, 6.07) is -0.670. The van der Waals surface area contributed by atoms with Crippen LogP contribution in [0.3, 0.4) is 0 Å². The zero-order chi connectivity index (χ0) is 14.0. The highest BCUT2D eigenvalue weighted by molar-refractivity contribution is 5.90. The predicted octanol–water partition coefficient (Wildman–Crippen LogP) is -1.72. The Morgan fingerprint density at radius 1 is 1.32 bits per heavy atom. The highest BCUT2D eigenvalue weighted by Gasteiger charge is 2.33. The lowest BCUT2D eigenvalue weighted by Gasteiger charge is -2.37. The predicted molar refractivity (Wildman–Crippen MR) is 68.0 cm³/mol. The van der Waals surface area contributed by atoms with Crippen molar-refractivity contribution in [3.8, 4) is 0 Å². The van der Waals surface area contributed by atoms with Gasteiger partial charge in [0.05, 0.1) is 6.04 Å². The van der Waals surface area contributed by atoms with Crippen molar-refractivity contribution >= 4 is 17.7 Å². The second-order valence-electron chi connectivity index (χ2n) is 5.10. The number of rotatable bonds is 3. The van der Waals surface area contributed by atoms with Crippen LogP contribution in [0.5, 0.6) is 0 Å². The smallest absolute Gasteiger partial charge is 0.245 e. The second-order valence-corrected chi connectivity index (χ2v) is 5.10. The van der Waals surface area contributed by atoms with Gasteiger partial charge in [-0.15, -0.1) is 0 Å². The van der Waals surface area contributed by atoms with Crippen LogP contribution in [0.4, 0.5) is 0 Å². The van der Waals surface area contributed by atoms with Crippen molar-refractivity contribution in [2.75, 3.05) is 26.2 Å². The van der Waals surface area contributed by atoms with Crippen molar-refractivity contribution < 1.29 is 14.4 Å². The van der Waals surface area contributed by atoms with Crippen molar-refractivity contribution in [2.24, 2.45) is 5.73 Å². The molecule has 19 heavy (non-hydrogen) atoms. The molecule has 2 unspecified atom stereocenters. The molecule has 0 spiro atoms. The second kappa shape index (κ2) is 5.56. The first-order valence-corrected chi connectivity index (χ1v) is 6.60. The van der Waals surface area contributed by atoms with Crippen LogP contribution < -0.4 is 11.1 Å². The van der Waals surface area contributed by atoms with Gasteiger partial charge in [0.15, 0.2) is 0 Å². The Bertz CT molecular complexity index is 390. The van der Waals surface area contributed by atoms with E-state index in [-0.39, 0.29) is 29.8 Å². The van der Waals surface area contributed by atoms with Crippen molar-refractivity contribution in [1.29, 1.82) is 0 Å². The molecule has 2 aliphatic heterocycles. The van der Waals surface area contributed by atoms with E-state index in [1.165, 1.54) is 0 Å². The van der Waals surface area contributed by atoms with Crippen LogP contribution in [0, 0.1) is 0 Å². The van der Waals surface area contributed by atoms with Gasteiger partial charge in [-0.1, -0.05) is 0 Å². The van der Waals surface area contributed by atoms with E-state index in [1.54, 1.807) is 11.8 Å². The average Bonchev–Trinajstić information content (AvgIpc) is 2.84. The molecule has 7 heteroatoms. The third kappa shape index (κ3) is 3.04. The van der Waals surface area contributed by atoms with E-state index >= 15 is 0 Å². The molecule has 2 aliphatic rings. The Kier molecular flexibility index (Phi) is 4.04. The first-order chi connectivity index (χ1) is 8.99. The molecule has 0 aromatic carbocycles. The SMILES string of the molecule is CC(C(N)=O)N1CCN(C(=O)C2CCC(=O)N2)CC1. The number of nitrogens with two attached hydrogens (primary N) is 1. The molecule has 2 fully saturated rings. The minimum Gasteiger partial charge on any atom is -0.368 e. The van der Waals surface area contributed by atoms with Gasteiger partial charge in [0.2, 0.25) is 17.7 Å². The molecule has 2 rings (SSSR count). The summed E-state index contributed by atoms with van der Waals surface area (Å²) in [5.74, 6) is -0.417. The van der Waals surface area contributed by atoms with Crippen LogP contribution in [-0.4, -0.2) is 65.8 Å². The van der Waals surface area contributed by atoms with E-state index in [0.717, 1.165) is 0 Å². The fourth-order valence-electron chi connectivity index (χ4n) is 2.53. The van der Waals surface area contributed by atoms with Crippen molar-refractivity contribution in [3.63, 3.8) is 0 Å². The number of nitrogens with zero attached hydrogens (tertiary/aromatic N) is 2. The van der Waals surface area contributed by atoms with E-state index in [2.05, 4.69) is 5.32 Å². The molecule has 2 heterocycles. The summed E-state index contributed by atoms with van der Waals surface area (Å²) in [4.78, 5) is 38.1. The Hall–Kier alpha value is -1.63. The number of hydrogen-bond acceptors (Lipinski definition) is 4. The van der Waals surface area contributed by atoms with E-state index in [9.17, 15) is 14.4 Å². The molecule has 0 bridgehead atoms. The summed E-state index contributed by atoms with van der Waals surface area (Å²) in [5.41, 5.74) is 5.27. The van der Waals surface area contributed by atoms with Crippen LogP contribution in [0.15, 0.2) is 0 Å². The number of carbonyl (C=O) groups is 3. The maximum Gasteiger partial charge on any atom is 0.245 e. The minimum atomic E-state index is -0.368. The van der Waals surface area contributed by atoms with E-state index < -0.39 is 0 Å². The van der Waals surface area contributed by atoms with Crippen molar-refractivity contribution in [3.05, 3.63) is 0 Å². The Morgan fingerprint density at radius 2 is 1.95 bits per heavy atom. The first kappa shape index (κ1) is 13.8. The molecule has 0 aromatic heterocycles. The monoisotopic (exact) mass is 268 g/mol. The Morgan fingerprint density at radius 3 is 2.42 bits per heavy atom. The van der Waals surface area contributed by atoms with Gasteiger partial charge in [0, 0.05) is 32.6 Å².